The molecule has 2 aromatic rings. The number of hydrogen-bond acceptors (Lipinski definition) is 6. The van der Waals surface area contributed by atoms with Crippen molar-refractivity contribution in [3.8, 4) is 11.6 Å². The van der Waals surface area contributed by atoms with Crippen molar-refractivity contribution in [2.75, 3.05) is 24.3 Å². The van der Waals surface area contributed by atoms with E-state index in [1.807, 2.05) is 0 Å². The summed E-state index contributed by atoms with van der Waals surface area (Å²) < 4.78 is 11.0. The molecule has 1 aromatic carbocycles. The number of halogens is 1. The maximum absolute atomic E-state index is 6.10. The van der Waals surface area contributed by atoms with Gasteiger partial charge >= 0.3 is 0 Å². The zero-order chi connectivity index (χ0) is 15.4. The fourth-order valence-electron chi connectivity index (χ4n) is 2.16. The molecule has 0 aliphatic carbocycles. The predicted molar refractivity (Wildman–Crippen MR) is 85.4 cm³/mol. The van der Waals surface area contributed by atoms with Crippen molar-refractivity contribution in [2.24, 2.45) is 0 Å². The number of nitrogens with one attached hydrogen (secondary N) is 1. The Morgan fingerprint density at radius 1 is 1.23 bits per heavy atom. The fourth-order valence-corrected chi connectivity index (χ4v) is 2.29. The number of nitrogen functional groups attached to an aromatic ring is 1. The van der Waals surface area contributed by atoms with Crippen molar-refractivity contribution < 1.29 is 9.47 Å². The summed E-state index contributed by atoms with van der Waals surface area (Å²) >= 11 is 6.10. The van der Waals surface area contributed by atoms with E-state index in [-0.39, 0.29) is 0 Å². The monoisotopic (exact) mass is 320 g/mol. The Kier molecular flexibility index (Phi) is 4.60. The van der Waals surface area contributed by atoms with Crippen LogP contribution in [-0.4, -0.2) is 29.2 Å². The van der Waals surface area contributed by atoms with E-state index in [1.54, 1.807) is 24.3 Å². The van der Waals surface area contributed by atoms with Crippen LogP contribution in [0, 0.1) is 0 Å². The van der Waals surface area contributed by atoms with E-state index in [2.05, 4.69) is 15.3 Å². The van der Waals surface area contributed by atoms with Gasteiger partial charge in [-0.05, 0) is 37.1 Å². The summed E-state index contributed by atoms with van der Waals surface area (Å²) in [5, 5.41) is 3.64. The summed E-state index contributed by atoms with van der Waals surface area (Å²) in [6.07, 6.45) is 3.39. The summed E-state index contributed by atoms with van der Waals surface area (Å²) in [7, 11) is 0. The molecule has 1 fully saturated rings. The van der Waals surface area contributed by atoms with Crippen molar-refractivity contribution in [1.29, 1.82) is 0 Å². The van der Waals surface area contributed by atoms with Crippen LogP contribution in [0.15, 0.2) is 30.5 Å². The van der Waals surface area contributed by atoms with Gasteiger partial charge in [0.2, 0.25) is 11.8 Å². The van der Waals surface area contributed by atoms with Crippen molar-refractivity contribution in [2.45, 2.75) is 18.9 Å². The lowest BCUT2D eigenvalue weighted by atomic mass is 10.1. The zero-order valence-electron chi connectivity index (χ0n) is 12.0. The molecule has 0 spiro atoms. The summed E-state index contributed by atoms with van der Waals surface area (Å²) in [6.45, 7) is 1.50. The number of hydrogen-bond donors (Lipinski definition) is 2. The third-order valence-electron chi connectivity index (χ3n) is 3.36. The van der Waals surface area contributed by atoms with Crippen LogP contribution in [0.4, 0.5) is 11.6 Å². The molecule has 0 bridgehead atoms. The van der Waals surface area contributed by atoms with Crippen LogP contribution in [-0.2, 0) is 4.74 Å². The highest BCUT2D eigenvalue weighted by atomic mass is 35.5. The minimum atomic E-state index is 0.305. The first-order valence-electron chi connectivity index (χ1n) is 7.11. The number of nitrogens with two attached hydrogens (primary N) is 1. The van der Waals surface area contributed by atoms with Crippen LogP contribution in [0.5, 0.6) is 11.6 Å². The Bertz CT molecular complexity index is 630. The van der Waals surface area contributed by atoms with Gasteiger partial charge in [-0.15, -0.1) is 0 Å². The molecule has 1 aromatic heterocycles. The number of anilines is 2. The van der Waals surface area contributed by atoms with Gasteiger partial charge in [0, 0.05) is 24.9 Å². The first kappa shape index (κ1) is 14.9. The number of aromatic nitrogens is 2. The zero-order valence-corrected chi connectivity index (χ0v) is 12.7. The minimum absolute atomic E-state index is 0.305. The van der Waals surface area contributed by atoms with Crippen LogP contribution in [0.25, 0.3) is 0 Å². The number of rotatable bonds is 4. The van der Waals surface area contributed by atoms with E-state index in [9.17, 15) is 0 Å². The second-order valence-corrected chi connectivity index (χ2v) is 5.46. The van der Waals surface area contributed by atoms with Crippen molar-refractivity contribution in [3.63, 3.8) is 0 Å². The molecule has 0 atom stereocenters. The molecule has 22 heavy (non-hydrogen) atoms. The third-order valence-corrected chi connectivity index (χ3v) is 3.62. The molecule has 3 rings (SSSR count). The maximum atomic E-state index is 6.10. The molecule has 7 heteroatoms. The Morgan fingerprint density at radius 2 is 1.95 bits per heavy atom. The van der Waals surface area contributed by atoms with E-state index in [0.29, 0.717) is 34.3 Å². The standard InChI is InChI=1S/C15H17ClN4O2/c16-13-9-18-15(19-11-5-7-21-8-6-11)20-14(13)22-12-3-1-10(17)2-4-12/h1-4,9,11H,5-8,17H2,(H,18,19,20). The van der Waals surface area contributed by atoms with Crippen LogP contribution in [0.3, 0.4) is 0 Å². The molecule has 116 valence electrons. The molecular formula is C15H17ClN4O2. The second kappa shape index (κ2) is 6.81. The van der Waals surface area contributed by atoms with Crippen molar-refractivity contribution in [3.05, 3.63) is 35.5 Å². The Morgan fingerprint density at radius 3 is 2.68 bits per heavy atom. The van der Waals surface area contributed by atoms with Crippen molar-refractivity contribution in [1.82, 2.24) is 9.97 Å². The van der Waals surface area contributed by atoms with Gasteiger partial charge < -0.3 is 20.5 Å². The molecule has 1 saturated heterocycles. The first-order chi connectivity index (χ1) is 10.7. The highest BCUT2D eigenvalue weighted by molar-refractivity contribution is 6.31. The average Bonchev–Trinajstić information content (AvgIpc) is 2.54. The Labute approximate surface area is 133 Å². The fraction of sp³-hybridized carbons (Fsp3) is 0.333. The first-order valence-corrected chi connectivity index (χ1v) is 7.49. The summed E-state index contributed by atoms with van der Waals surface area (Å²) in [4.78, 5) is 8.53. The summed E-state index contributed by atoms with van der Waals surface area (Å²) in [5.41, 5.74) is 6.32. The van der Waals surface area contributed by atoms with Crippen LogP contribution >= 0.6 is 11.6 Å². The maximum Gasteiger partial charge on any atom is 0.243 e. The van der Waals surface area contributed by atoms with Gasteiger partial charge in [-0.2, -0.15) is 4.98 Å². The lowest BCUT2D eigenvalue weighted by Gasteiger charge is -2.23. The highest BCUT2D eigenvalue weighted by Crippen LogP contribution is 2.28. The molecule has 0 unspecified atom stereocenters. The second-order valence-electron chi connectivity index (χ2n) is 5.05. The van der Waals surface area contributed by atoms with E-state index >= 15 is 0 Å². The van der Waals surface area contributed by atoms with Gasteiger partial charge in [-0.25, -0.2) is 4.98 Å². The lowest BCUT2D eigenvalue weighted by Crippen LogP contribution is -2.28. The smallest absolute Gasteiger partial charge is 0.243 e. The SMILES string of the molecule is Nc1ccc(Oc2nc(NC3CCOCC3)ncc2Cl)cc1. The quantitative estimate of drug-likeness (QED) is 0.842. The van der Waals surface area contributed by atoms with Gasteiger partial charge in [-0.1, -0.05) is 11.6 Å². The van der Waals surface area contributed by atoms with Gasteiger partial charge in [0.15, 0.2) is 0 Å². The third kappa shape index (κ3) is 3.78. The molecule has 0 amide bonds. The molecule has 2 heterocycles. The van der Waals surface area contributed by atoms with Crippen LogP contribution < -0.4 is 15.8 Å². The molecule has 3 N–H and O–H groups in total. The molecule has 6 nitrogen and oxygen atoms in total. The normalized spacial score (nSPS) is 15.5. The minimum Gasteiger partial charge on any atom is -0.437 e. The Balaban J connectivity index is 1.73. The van der Waals surface area contributed by atoms with E-state index in [1.165, 1.54) is 6.20 Å². The van der Waals surface area contributed by atoms with Gasteiger partial charge in [0.25, 0.3) is 0 Å². The number of nitrogens with zero attached hydrogens (tertiary/aromatic N) is 2. The molecule has 1 aliphatic rings. The van der Waals surface area contributed by atoms with E-state index < -0.39 is 0 Å². The predicted octanol–water partition coefficient (Wildman–Crippen LogP) is 3.10. The number of benzene rings is 1. The number of ether oxygens (including phenoxy) is 2. The lowest BCUT2D eigenvalue weighted by molar-refractivity contribution is 0.0903. The summed E-state index contributed by atoms with van der Waals surface area (Å²) in [6, 6.07) is 7.34. The highest BCUT2D eigenvalue weighted by Gasteiger charge is 2.16. The Hall–Kier alpha value is -2.05. The van der Waals surface area contributed by atoms with Crippen LogP contribution in [0.2, 0.25) is 5.02 Å². The van der Waals surface area contributed by atoms with Gasteiger partial charge in [-0.3, -0.25) is 0 Å². The largest absolute Gasteiger partial charge is 0.437 e. The molecule has 0 saturated carbocycles. The molecule has 1 aliphatic heterocycles. The van der Waals surface area contributed by atoms with Gasteiger partial charge in [0.1, 0.15) is 10.8 Å². The van der Waals surface area contributed by atoms with E-state index in [0.717, 1.165) is 26.1 Å². The van der Waals surface area contributed by atoms with Crippen LogP contribution in [0.1, 0.15) is 12.8 Å². The van der Waals surface area contributed by atoms with E-state index in [4.69, 9.17) is 26.8 Å². The van der Waals surface area contributed by atoms with Crippen molar-refractivity contribution >= 4 is 23.2 Å². The summed E-state index contributed by atoms with van der Waals surface area (Å²) in [5.74, 6) is 1.43. The average molecular weight is 321 g/mol. The topological polar surface area (TPSA) is 82.3 Å². The molecular weight excluding hydrogens is 304 g/mol. The van der Waals surface area contributed by atoms with Gasteiger partial charge in [0.05, 0.1) is 6.20 Å². The molecule has 0 radical (unpaired) electrons.